The predicted molar refractivity (Wildman–Crippen MR) is 93.5 cm³/mol. The van der Waals surface area contributed by atoms with Crippen molar-refractivity contribution >= 4 is 29.3 Å². The third-order valence-corrected chi connectivity index (χ3v) is 4.68. The highest BCUT2D eigenvalue weighted by Crippen LogP contribution is 2.40. The van der Waals surface area contributed by atoms with Crippen LogP contribution in [0.25, 0.3) is 0 Å². The van der Waals surface area contributed by atoms with Gasteiger partial charge in [-0.05, 0) is 25.0 Å². The van der Waals surface area contributed by atoms with Gasteiger partial charge in [0.15, 0.2) is 5.16 Å². The largest absolute Gasteiger partial charge is 0.495 e. The number of hydrogen-bond acceptors (Lipinski definition) is 6. The number of hydrogen-bond donors (Lipinski definition) is 2. The second kappa shape index (κ2) is 7.56. The standard InChI is InChI=1S/C16H19N5O3S/c1-24-12-5-3-2-4-11(12)18-14(23)9-25-16-20-19-15(10-6-7-10)21(16)8-13(17)22/h2-5,10H,6-9H2,1H3,(H2,17,22)(H,18,23). The Bertz CT molecular complexity index is 788. The molecular weight excluding hydrogens is 342 g/mol. The number of para-hydroxylation sites is 2. The van der Waals surface area contributed by atoms with Gasteiger partial charge in [0, 0.05) is 5.92 Å². The van der Waals surface area contributed by atoms with Crippen LogP contribution < -0.4 is 15.8 Å². The smallest absolute Gasteiger partial charge is 0.237 e. The average molecular weight is 361 g/mol. The summed E-state index contributed by atoms with van der Waals surface area (Å²) in [6, 6.07) is 7.18. The Morgan fingerprint density at radius 3 is 2.80 bits per heavy atom. The molecule has 2 amide bonds. The molecule has 25 heavy (non-hydrogen) atoms. The van der Waals surface area contributed by atoms with Gasteiger partial charge in [-0.3, -0.25) is 14.2 Å². The van der Waals surface area contributed by atoms with Crippen LogP contribution in [-0.2, 0) is 16.1 Å². The molecule has 1 saturated carbocycles. The zero-order valence-electron chi connectivity index (χ0n) is 13.8. The molecular formula is C16H19N5O3S. The van der Waals surface area contributed by atoms with E-state index in [-0.39, 0.29) is 18.2 Å². The molecule has 8 nitrogen and oxygen atoms in total. The van der Waals surface area contributed by atoms with Gasteiger partial charge in [0.2, 0.25) is 11.8 Å². The van der Waals surface area contributed by atoms with Crippen LogP contribution in [0.2, 0.25) is 0 Å². The summed E-state index contributed by atoms with van der Waals surface area (Å²) in [4.78, 5) is 23.5. The van der Waals surface area contributed by atoms with Gasteiger partial charge in [-0.1, -0.05) is 23.9 Å². The molecule has 1 aliphatic rings. The third-order valence-electron chi connectivity index (χ3n) is 3.72. The molecule has 1 aromatic heterocycles. The molecule has 9 heteroatoms. The van der Waals surface area contributed by atoms with E-state index in [0.717, 1.165) is 18.7 Å². The molecule has 2 aromatic rings. The number of amides is 2. The van der Waals surface area contributed by atoms with Gasteiger partial charge >= 0.3 is 0 Å². The summed E-state index contributed by atoms with van der Waals surface area (Å²) in [7, 11) is 1.55. The molecule has 0 atom stereocenters. The van der Waals surface area contributed by atoms with Gasteiger partial charge < -0.3 is 15.8 Å². The topological polar surface area (TPSA) is 112 Å². The molecule has 1 fully saturated rings. The molecule has 1 aromatic carbocycles. The fraction of sp³-hybridized carbons (Fsp3) is 0.375. The van der Waals surface area contributed by atoms with Crippen LogP contribution in [0.5, 0.6) is 5.75 Å². The molecule has 0 radical (unpaired) electrons. The highest BCUT2D eigenvalue weighted by Gasteiger charge is 2.31. The summed E-state index contributed by atoms with van der Waals surface area (Å²) >= 11 is 1.22. The van der Waals surface area contributed by atoms with Crippen molar-refractivity contribution in [2.45, 2.75) is 30.5 Å². The summed E-state index contributed by atoms with van der Waals surface area (Å²) in [6.45, 7) is 0.0231. The number of primary amides is 1. The summed E-state index contributed by atoms with van der Waals surface area (Å²) in [6.07, 6.45) is 2.08. The van der Waals surface area contributed by atoms with Crippen LogP contribution in [-0.4, -0.2) is 39.4 Å². The quantitative estimate of drug-likeness (QED) is 0.687. The van der Waals surface area contributed by atoms with Crippen molar-refractivity contribution in [3.8, 4) is 5.75 Å². The molecule has 3 N–H and O–H groups in total. The molecule has 0 bridgehead atoms. The number of carbonyl (C=O) groups excluding carboxylic acids is 2. The Morgan fingerprint density at radius 2 is 2.12 bits per heavy atom. The SMILES string of the molecule is COc1ccccc1NC(=O)CSc1nnc(C2CC2)n1CC(N)=O. The van der Waals surface area contributed by atoms with Crippen molar-refractivity contribution in [1.29, 1.82) is 0 Å². The Hall–Kier alpha value is -2.55. The van der Waals surface area contributed by atoms with E-state index in [9.17, 15) is 9.59 Å². The van der Waals surface area contributed by atoms with E-state index in [0.29, 0.717) is 22.5 Å². The van der Waals surface area contributed by atoms with Gasteiger partial charge in [0.05, 0.1) is 18.6 Å². The van der Waals surface area contributed by atoms with Crippen molar-refractivity contribution in [3.63, 3.8) is 0 Å². The van der Waals surface area contributed by atoms with E-state index in [1.807, 2.05) is 12.1 Å². The maximum absolute atomic E-state index is 12.2. The zero-order valence-corrected chi connectivity index (χ0v) is 14.6. The highest BCUT2D eigenvalue weighted by atomic mass is 32.2. The van der Waals surface area contributed by atoms with Crippen LogP contribution in [0.4, 0.5) is 5.69 Å². The number of nitrogens with zero attached hydrogens (tertiary/aromatic N) is 3. The van der Waals surface area contributed by atoms with Gasteiger partial charge in [-0.25, -0.2) is 0 Å². The minimum atomic E-state index is -0.456. The first kappa shape index (κ1) is 17.3. The van der Waals surface area contributed by atoms with Gasteiger partial charge in [0.25, 0.3) is 0 Å². The van der Waals surface area contributed by atoms with Crippen molar-refractivity contribution in [3.05, 3.63) is 30.1 Å². The Balaban J connectivity index is 1.65. The van der Waals surface area contributed by atoms with Crippen molar-refractivity contribution in [2.24, 2.45) is 5.73 Å². The Labute approximate surface area is 149 Å². The highest BCUT2D eigenvalue weighted by molar-refractivity contribution is 7.99. The number of carbonyl (C=O) groups is 2. The third kappa shape index (κ3) is 4.30. The number of thioether (sulfide) groups is 1. The van der Waals surface area contributed by atoms with Gasteiger partial charge in [-0.15, -0.1) is 10.2 Å². The number of benzene rings is 1. The molecule has 0 spiro atoms. The van der Waals surface area contributed by atoms with Crippen molar-refractivity contribution in [1.82, 2.24) is 14.8 Å². The van der Waals surface area contributed by atoms with E-state index in [2.05, 4.69) is 15.5 Å². The lowest BCUT2D eigenvalue weighted by Crippen LogP contribution is -2.21. The minimum absolute atomic E-state index is 0.0231. The van der Waals surface area contributed by atoms with Crippen LogP contribution in [0.3, 0.4) is 0 Å². The lowest BCUT2D eigenvalue weighted by Gasteiger charge is -2.10. The molecule has 132 valence electrons. The van der Waals surface area contributed by atoms with Gasteiger partial charge in [-0.2, -0.15) is 0 Å². The molecule has 0 unspecified atom stereocenters. The number of nitrogens with two attached hydrogens (primary N) is 1. The number of anilines is 1. The Kier molecular flexibility index (Phi) is 5.22. The molecule has 3 rings (SSSR count). The van der Waals surface area contributed by atoms with Crippen molar-refractivity contribution in [2.75, 3.05) is 18.2 Å². The first-order valence-corrected chi connectivity index (χ1v) is 8.84. The summed E-state index contributed by atoms with van der Waals surface area (Å²) < 4.78 is 6.92. The number of ether oxygens (including phenoxy) is 1. The summed E-state index contributed by atoms with van der Waals surface area (Å²) in [5.74, 6) is 1.18. The van der Waals surface area contributed by atoms with E-state index in [1.165, 1.54) is 11.8 Å². The number of nitrogens with one attached hydrogen (secondary N) is 1. The molecule has 1 heterocycles. The predicted octanol–water partition coefficient (Wildman–Crippen LogP) is 1.38. The molecule has 0 saturated heterocycles. The van der Waals surface area contributed by atoms with Crippen molar-refractivity contribution < 1.29 is 14.3 Å². The maximum atomic E-state index is 12.2. The van der Waals surface area contributed by atoms with E-state index < -0.39 is 5.91 Å². The van der Waals surface area contributed by atoms with E-state index in [1.54, 1.807) is 23.8 Å². The number of methoxy groups -OCH3 is 1. The van der Waals surface area contributed by atoms with Crippen LogP contribution in [0, 0.1) is 0 Å². The zero-order chi connectivity index (χ0) is 17.8. The monoisotopic (exact) mass is 361 g/mol. The second-order valence-electron chi connectivity index (χ2n) is 5.70. The maximum Gasteiger partial charge on any atom is 0.237 e. The fourth-order valence-corrected chi connectivity index (χ4v) is 3.16. The lowest BCUT2D eigenvalue weighted by molar-refractivity contribution is -0.118. The van der Waals surface area contributed by atoms with Crippen LogP contribution >= 0.6 is 11.8 Å². The van der Waals surface area contributed by atoms with Gasteiger partial charge in [0.1, 0.15) is 18.1 Å². The first-order valence-electron chi connectivity index (χ1n) is 7.85. The molecule has 1 aliphatic carbocycles. The summed E-state index contributed by atoms with van der Waals surface area (Å²) in [5.41, 5.74) is 5.92. The van der Waals surface area contributed by atoms with Crippen LogP contribution in [0.15, 0.2) is 29.4 Å². The first-order chi connectivity index (χ1) is 12.1. The van der Waals surface area contributed by atoms with E-state index in [4.69, 9.17) is 10.5 Å². The second-order valence-corrected chi connectivity index (χ2v) is 6.65. The number of aromatic nitrogens is 3. The molecule has 0 aliphatic heterocycles. The summed E-state index contributed by atoms with van der Waals surface area (Å²) in [5, 5.41) is 11.6. The lowest BCUT2D eigenvalue weighted by atomic mass is 10.3. The van der Waals surface area contributed by atoms with Crippen LogP contribution in [0.1, 0.15) is 24.6 Å². The number of rotatable bonds is 8. The van der Waals surface area contributed by atoms with E-state index >= 15 is 0 Å². The average Bonchev–Trinajstić information content (AvgIpc) is 3.36. The normalized spacial score (nSPS) is 13.5. The Morgan fingerprint density at radius 1 is 1.36 bits per heavy atom. The fourth-order valence-electron chi connectivity index (χ4n) is 2.42. The minimum Gasteiger partial charge on any atom is -0.495 e.